The Morgan fingerprint density at radius 3 is 2.77 bits per heavy atom. The van der Waals surface area contributed by atoms with Crippen molar-refractivity contribution in [3.05, 3.63) is 51.9 Å². The molecule has 1 heterocycles. The van der Waals surface area contributed by atoms with Gasteiger partial charge in [-0.2, -0.15) is 5.26 Å². The smallest absolute Gasteiger partial charge is 0.266 e. The average Bonchev–Trinajstić information content (AvgIpc) is 2.46. The summed E-state index contributed by atoms with van der Waals surface area (Å²) in [6.45, 7) is 3.19. The van der Waals surface area contributed by atoms with Crippen LogP contribution < -0.4 is 10.3 Å². The number of rotatable bonds is 5. The number of nitrogens with zero attached hydrogens (tertiary/aromatic N) is 2. The Balaban J connectivity index is 2.34. The maximum Gasteiger partial charge on any atom is 0.266 e. The lowest BCUT2D eigenvalue weighted by molar-refractivity contribution is 0.261. The first-order chi connectivity index (χ1) is 10.5. The Labute approximate surface area is 129 Å². The third-order valence-electron chi connectivity index (χ3n) is 3.23. The highest BCUT2D eigenvalue weighted by Crippen LogP contribution is 2.25. The predicted octanol–water partition coefficient (Wildman–Crippen LogP) is 2.16. The van der Waals surface area contributed by atoms with Gasteiger partial charge in [-0.15, -0.1) is 0 Å². The first-order valence-electron chi connectivity index (χ1n) is 7.03. The molecule has 5 nitrogen and oxygen atoms in total. The van der Waals surface area contributed by atoms with Crippen molar-refractivity contribution in [2.45, 2.75) is 6.92 Å². The minimum absolute atomic E-state index is 0.121. The van der Waals surface area contributed by atoms with Crippen LogP contribution >= 0.6 is 0 Å². The first-order valence-corrected chi connectivity index (χ1v) is 7.03. The van der Waals surface area contributed by atoms with Crippen LogP contribution in [0.4, 0.5) is 0 Å². The second-order valence-corrected chi connectivity index (χ2v) is 5.36. The fourth-order valence-corrected chi connectivity index (χ4v) is 2.13. The molecule has 1 aromatic carbocycles. The molecule has 0 amide bonds. The van der Waals surface area contributed by atoms with Crippen molar-refractivity contribution in [1.29, 1.82) is 5.26 Å². The first kappa shape index (κ1) is 15.8. The van der Waals surface area contributed by atoms with Gasteiger partial charge in [0.2, 0.25) is 0 Å². The fourth-order valence-electron chi connectivity index (χ4n) is 2.13. The van der Waals surface area contributed by atoms with E-state index in [1.165, 1.54) is 0 Å². The van der Waals surface area contributed by atoms with Gasteiger partial charge in [-0.3, -0.25) is 4.79 Å². The van der Waals surface area contributed by atoms with Gasteiger partial charge in [-0.05, 0) is 44.8 Å². The number of nitrogens with one attached hydrogen (secondary N) is 1. The van der Waals surface area contributed by atoms with E-state index in [4.69, 9.17) is 4.74 Å². The lowest BCUT2D eigenvalue weighted by Gasteiger charge is -2.12. The van der Waals surface area contributed by atoms with Crippen LogP contribution in [0.3, 0.4) is 0 Å². The summed E-state index contributed by atoms with van der Waals surface area (Å²) >= 11 is 0. The molecule has 1 N–H and O–H groups in total. The number of hydrogen-bond donors (Lipinski definition) is 1. The maximum absolute atomic E-state index is 11.9. The quantitative estimate of drug-likeness (QED) is 0.918. The number of aromatic nitrogens is 1. The zero-order chi connectivity index (χ0) is 16.1. The van der Waals surface area contributed by atoms with Gasteiger partial charge >= 0.3 is 0 Å². The molecule has 0 unspecified atom stereocenters. The normalized spacial score (nSPS) is 10.5. The van der Waals surface area contributed by atoms with Crippen LogP contribution in [0.25, 0.3) is 11.1 Å². The van der Waals surface area contributed by atoms with Crippen molar-refractivity contribution < 1.29 is 4.74 Å². The summed E-state index contributed by atoms with van der Waals surface area (Å²) in [5.74, 6) is 0.723. The zero-order valence-corrected chi connectivity index (χ0v) is 13.0. The van der Waals surface area contributed by atoms with E-state index in [0.717, 1.165) is 23.6 Å². The SMILES string of the molecule is Cc1cc(-c2cccc(OCCN(C)C)c2)c(C#N)c(=O)[nH]1. The van der Waals surface area contributed by atoms with E-state index in [2.05, 4.69) is 4.98 Å². The van der Waals surface area contributed by atoms with Crippen LogP contribution in [0.5, 0.6) is 5.75 Å². The third-order valence-corrected chi connectivity index (χ3v) is 3.23. The van der Waals surface area contributed by atoms with Gasteiger partial charge < -0.3 is 14.6 Å². The number of benzene rings is 1. The zero-order valence-electron chi connectivity index (χ0n) is 13.0. The lowest BCUT2D eigenvalue weighted by atomic mass is 10.0. The van der Waals surface area contributed by atoms with E-state index in [9.17, 15) is 10.1 Å². The minimum Gasteiger partial charge on any atom is -0.492 e. The van der Waals surface area contributed by atoms with Crippen LogP contribution in [-0.4, -0.2) is 37.1 Å². The van der Waals surface area contributed by atoms with Crippen molar-refractivity contribution in [1.82, 2.24) is 9.88 Å². The van der Waals surface area contributed by atoms with Crippen LogP contribution in [0, 0.1) is 18.3 Å². The molecule has 0 aliphatic carbocycles. The molecule has 22 heavy (non-hydrogen) atoms. The van der Waals surface area contributed by atoms with Gasteiger partial charge in [0.05, 0.1) is 0 Å². The molecule has 2 rings (SSSR count). The molecule has 0 radical (unpaired) electrons. The topological polar surface area (TPSA) is 69.1 Å². The molecule has 0 saturated heterocycles. The monoisotopic (exact) mass is 297 g/mol. The molecule has 1 aromatic heterocycles. The minimum atomic E-state index is -0.364. The van der Waals surface area contributed by atoms with Gasteiger partial charge in [0.25, 0.3) is 5.56 Å². The predicted molar refractivity (Wildman–Crippen MR) is 86.0 cm³/mol. The Morgan fingerprint density at radius 2 is 2.09 bits per heavy atom. The van der Waals surface area contributed by atoms with Crippen molar-refractivity contribution >= 4 is 0 Å². The number of H-pyrrole nitrogens is 1. The Bertz CT molecular complexity index is 757. The number of aryl methyl sites for hydroxylation is 1. The third kappa shape index (κ3) is 3.74. The summed E-state index contributed by atoms with van der Waals surface area (Å²) in [6, 6.07) is 11.2. The van der Waals surface area contributed by atoms with Crippen molar-refractivity contribution in [3.8, 4) is 22.9 Å². The number of ether oxygens (including phenoxy) is 1. The molecule has 5 heteroatoms. The van der Waals surface area contributed by atoms with E-state index in [0.29, 0.717) is 12.2 Å². The standard InChI is InChI=1S/C17H19N3O2/c1-12-9-15(16(11-18)17(21)19-12)13-5-4-6-14(10-13)22-8-7-20(2)3/h4-6,9-10H,7-8H2,1-3H3,(H,19,21). The molecule has 114 valence electrons. The highest BCUT2D eigenvalue weighted by atomic mass is 16.5. The average molecular weight is 297 g/mol. The highest BCUT2D eigenvalue weighted by Gasteiger charge is 2.10. The Morgan fingerprint density at radius 1 is 1.32 bits per heavy atom. The number of nitriles is 1. The van der Waals surface area contributed by atoms with Gasteiger partial charge in [0.1, 0.15) is 24.0 Å². The van der Waals surface area contributed by atoms with Crippen LogP contribution in [-0.2, 0) is 0 Å². The lowest BCUT2D eigenvalue weighted by Crippen LogP contribution is -2.19. The summed E-state index contributed by atoms with van der Waals surface area (Å²) in [5, 5.41) is 9.22. The number of pyridine rings is 1. The number of likely N-dealkylation sites (N-methyl/N-ethyl adjacent to an activating group) is 1. The Kier molecular flexibility index (Phi) is 4.97. The van der Waals surface area contributed by atoms with E-state index < -0.39 is 0 Å². The molecule has 0 atom stereocenters. The Hall–Kier alpha value is -2.58. The summed E-state index contributed by atoms with van der Waals surface area (Å²) in [6.07, 6.45) is 0. The van der Waals surface area contributed by atoms with Crippen LogP contribution in [0.1, 0.15) is 11.3 Å². The van der Waals surface area contributed by atoms with Gasteiger partial charge in [-0.1, -0.05) is 12.1 Å². The van der Waals surface area contributed by atoms with Crippen molar-refractivity contribution in [2.24, 2.45) is 0 Å². The molecular weight excluding hydrogens is 278 g/mol. The highest BCUT2D eigenvalue weighted by molar-refractivity contribution is 5.71. The van der Waals surface area contributed by atoms with E-state index in [1.54, 1.807) is 13.0 Å². The molecule has 0 fully saturated rings. The molecule has 0 aliphatic rings. The molecular formula is C17H19N3O2. The van der Waals surface area contributed by atoms with E-state index in [1.807, 2.05) is 49.3 Å². The van der Waals surface area contributed by atoms with Gasteiger partial charge in [0.15, 0.2) is 0 Å². The van der Waals surface area contributed by atoms with E-state index >= 15 is 0 Å². The van der Waals surface area contributed by atoms with Crippen LogP contribution in [0.15, 0.2) is 35.1 Å². The number of hydrogen-bond acceptors (Lipinski definition) is 4. The largest absolute Gasteiger partial charge is 0.492 e. The van der Waals surface area contributed by atoms with Crippen molar-refractivity contribution in [3.63, 3.8) is 0 Å². The fraction of sp³-hybridized carbons (Fsp3) is 0.294. The van der Waals surface area contributed by atoms with Crippen LogP contribution in [0.2, 0.25) is 0 Å². The second kappa shape index (κ2) is 6.92. The molecule has 0 spiro atoms. The van der Waals surface area contributed by atoms with E-state index in [-0.39, 0.29) is 11.1 Å². The van der Waals surface area contributed by atoms with Crippen molar-refractivity contribution in [2.75, 3.05) is 27.2 Å². The summed E-state index contributed by atoms with van der Waals surface area (Å²) < 4.78 is 5.70. The second-order valence-electron chi connectivity index (χ2n) is 5.36. The molecule has 2 aromatic rings. The molecule has 0 saturated carbocycles. The summed E-state index contributed by atoms with van der Waals surface area (Å²) in [4.78, 5) is 16.6. The number of aromatic amines is 1. The summed E-state index contributed by atoms with van der Waals surface area (Å²) in [5.41, 5.74) is 1.90. The van der Waals surface area contributed by atoms with Gasteiger partial charge in [-0.25, -0.2) is 0 Å². The molecule has 0 bridgehead atoms. The summed E-state index contributed by atoms with van der Waals surface area (Å²) in [7, 11) is 3.97. The molecule has 0 aliphatic heterocycles. The van der Waals surface area contributed by atoms with Gasteiger partial charge in [0, 0.05) is 17.8 Å². The maximum atomic E-state index is 11.9.